The van der Waals surface area contributed by atoms with Gasteiger partial charge in [0.15, 0.2) is 0 Å². The number of carboxylic acids is 2. The summed E-state index contributed by atoms with van der Waals surface area (Å²) >= 11 is 1.57. The van der Waals surface area contributed by atoms with Crippen LogP contribution in [0.4, 0.5) is 4.79 Å². The summed E-state index contributed by atoms with van der Waals surface area (Å²) in [6, 6.07) is 1.71. The molecule has 0 saturated carbocycles. The number of hydrogen-bond donors (Lipinski definition) is 4. The number of amides is 2. The van der Waals surface area contributed by atoms with Gasteiger partial charge in [-0.3, -0.25) is 4.79 Å². The molecule has 0 unspecified atom stereocenters. The molecule has 1 aromatic rings. The zero-order valence-electron chi connectivity index (χ0n) is 11.8. The molecule has 1 aromatic heterocycles. The predicted octanol–water partition coefficient (Wildman–Crippen LogP) is 1.25. The third-order valence-corrected chi connectivity index (χ3v) is 4.10. The van der Waals surface area contributed by atoms with Crippen molar-refractivity contribution in [3.05, 3.63) is 22.4 Å². The molecule has 0 aliphatic rings. The molecule has 2 amide bonds. The second-order valence-corrected chi connectivity index (χ2v) is 6.12. The maximum atomic E-state index is 11.7. The summed E-state index contributed by atoms with van der Waals surface area (Å²) in [6.07, 6.45) is -0.670. The van der Waals surface area contributed by atoms with E-state index in [4.69, 9.17) is 10.2 Å². The van der Waals surface area contributed by atoms with Gasteiger partial charge in [0.25, 0.3) is 0 Å². The van der Waals surface area contributed by atoms with Crippen LogP contribution in [-0.2, 0) is 15.0 Å². The van der Waals surface area contributed by atoms with Gasteiger partial charge in [0.1, 0.15) is 6.04 Å². The maximum Gasteiger partial charge on any atom is 0.326 e. The zero-order valence-corrected chi connectivity index (χ0v) is 12.6. The molecule has 0 spiro atoms. The third kappa shape index (κ3) is 5.42. The molecule has 0 fully saturated rings. The Bertz CT molecular complexity index is 513. The third-order valence-electron chi connectivity index (χ3n) is 2.86. The molecule has 1 heterocycles. The summed E-state index contributed by atoms with van der Waals surface area (Å²) in [6.45, 7) is 4.20. The van der Waals surface area contributed by atoms with Crippen LogP contribution in [0.3, 0.4) is 0 Å². The van der Waals surface area contributed by atoms with E-state index in [1.807, 2.05) is 31.4 Å². The summed E-state index contributed by atoms with van der Waals surface area (Å²) in [4.78, 5) is 34.2. The van der Waals surface area contributed by atoms with E-state index in [0.717, 1.165) is 4.88 Å². The Morgan fingerprint density at radius 2 is 2.00 bits per heavy atom. The van der Waals surface area contributed by atoms with Gasteiger partial charge in [-0.15, -0.1) is 11.3 Å². The van der Waals surface area contributed by atoms with Gasteiger partial charge in [0.2, 0.25) is 0 Å². The highest BCUT2D eigenvalue weighted by molar-refractivity contribution is 7.10. The lowest BCUT2D eigenvalue weighted by Gasteiger charge is -2.24. The van der Waals surface area contributed by atoms with Crippen molar-refractivity contribution in [2.75, 3.05) is 6.54 Å². The molecule has 0 saturated heterocycles. The van der Waals surface area contributed by atoms with Gasteiger partial charge in [-0.05, 0) is 11.4 Å². The van der Waals surface area contributed by atoms with Crippen LogP contribution in [0.2, 0.25) is 0 Å². The van der Waals surface area contributed by atoms with Gasteiger partial charge in [0, 0.05) is 16.8 Å². The van der Waals surface area contributed by atoms with E-state index in [9.17, 15) is 14.4 Å². The smallest absolute Gasteiger partial charge is 0.326 e. The Morgan fingerprint density at radius 3 is 2.48 bits per heavy atom. The molecular formula is C13H18N2O5S. The van der Waals surface area contributed by atoms with E-state index < -0.39 is 30.4 Å². The summed E-state index contributed by atoms with van der Waals surface area (Å²) < 4.78 is 0. The van der Waals surface area contributed by atoms with Crippen LogP contribution in [-0.4, -0.2) is 40.8 Å². The van der Waals surface area contributed by atoms with E-state index in [1.54, 1.807) is 11.3 Å². The van der Waals surface area contributed by atoms with Crippen molar-refractivity contribution < 1.29 is 24.6 Å². The van der Waals surface area contributed by atoms with Gasteiger partial charge in [-0.1, -0.05) is 19.9 Å². The first-order valence-electron chi connectivity index (χ1n) is 6.25. The number of carboxylic acid groups (broad SMARTS) is 2. The second kappa shape index (κ2) is 7.07. The Hall–Kier alpha value is -2.09. The molecule has 21 heavy (non-hydrogen) atoms. The Kier molecular flexibility index (Phi) is 5.71. The molecule has 116 valence electrons. The number of rotatable bonds is 7. The molecule has 8 heteroatoms. The summed E-state index contributed by atoms with van der Waals surface area (Å²) in [5, 5.41) is 24.1. The number of hydrogen-bond acceptors (Lipinski definition) is 4. The second-order valence-electron chi connectivity index (χ2n) is 5.18. The first-order chi connectivity index (χ1) is 9.72. The van der Waals surface area contributed by atoms with Crippen molar-refractivity contribution in [1.82, 2.24) is 10.6 Å². The van der Waals surface area contributed by atoms with Crippen molar-refractivity contribution in [2.45, 2.75) is 31.7 Å². The van der Waals surface area contributed by atoms with Crippen LogP contribution in [0.15, 0.2) is 17.5 Å². The SMILES string of the molecule is CC(C)(CNC(=O)N[C@H](CC(=O)O)C(=O)O)c1cccs1. The molecule has 0 bridgehead atoms. The van der Waals surface area contributed by atoms with Gasteiger partial charge < -0.3 is 20.8 Å². The fourth-order valence-electron chi connectivity index (χ4n) is 1.64. The van der Waals surface area contributed by atoms with Crippen LogP contribution < -0.4 is 10.6 Å². The topological polar surface area (TPSA) is 116 Å². The largest absolute Gasteiger partial charge is 0.481 e. The Balaban J connectivity index is 2.53. The highest BCUT2D eigenvalue weighted by Crippen LogP contribution is 2.26. The van der Waals surface area contributed by atoms with Crippen LogP contribution in [0, 0.1) is 0 Å². The van der Waals surface area contributed by atoms with Crippen molar-refractivity contribution in [3.8, 4) is 0 Å². The maximum absolute atomic E-state index is 11.7. The molecule has 0 aromatic carbocycles. The van der Waals surface area contributed by atoms with E-state index in [1.165, 1.54) is 0 Å². The van der Waals surface area contributed by atoms with Crippen LogP contribution in [0.1, 0.15) is 25.1 Å². The van der Waals surface area contributed by atoms with Gasteiger partial charge >= 0.3 is 18.0 Å². The van der Waals surface area contributed by atoms with E-state index in [2.05, 4.69) is 10.6 Å². The molecule has 0 aliphatic heterocycles. The lowest BCUT2D eigenvalue weighted by atomic mass is 9.91. The monoisotopic (exact) mass is 314 g/mol. The number of carbonyl (C=O) groups is 3. The number of aliphatic carboxylic acids is 2. The lowest BCUT2D eigenvalue weighted by Crippen LogP contribution is -2.49. The standard InChI is InChI=1S/C13H18N2O5S/c1-13(2,9-4-3-5-21-9)7-14-12(20)15-8(11(18)19)6-10(16)17/h3-5,8H,6-7H2,1-2H3,(H,16,17)(H,18,19)(H2,14,15,20)/t8-/m1/s1. The summed E-state index contributed by atoms with van der Waals surface area (Å²) in [7, 11) is 0. The van der Waals surface area contributed by atoms with Crippen LogP contribution in [0.25, 0.3) is 0 Å². The molecule has 1 rings (SSSR count). The Labute approximate surface area is 126 Å². The van der Waals surface area contributed by atoms with Crippen molar-refractivity contribution in [2.24, 2.45) is 0 Å². The molecular weight excluding hydrogens is 296 g/mol. The van der Waals surface area contributed by atoms with Crippen molar-refractivity contribution in [1.29, 1.82) is 0 Å². The van der Waals surface area contributed by atoms with Gasteiger partial charge in [-0.2, -0.15) is 0 Å². The average Bonchev–Trinajstić information content (AvgIpc) is 2.89. The lowest BCUT2D eigenvalue weighted by molar-refractivity contribution is -0.145. The summed E-state index contributed by atoms with van der Waals surface area (Å²) in [5.41, 5.74) is -0.295. The van der Waals surface area contributed by atoms with Crippen molar-refractivity contribution in [3.63, 3.8) is 0 Å². The van der Waals surface area contributed by atoms with Crippen LogP contribution >= 0.6 is 11.3 Å². The minimum absolute atomic E-state index is 0.295. The average molecular weight is 314 g/mol. The zero-order chi connectivity index (χ0) is 16.0. The fourth-order valence-corrected chi connectivity index (χ4v) is 2.49. The number of carbonyl (C=O) groups excluding carboxylic acids is 1. The number of thiophene rings is 1. The quantitative estimate of drug-likeness (QED) is 0.604. The van der Waals surface area contributed by atoms with Gasteiger partial charge in [0.05, 0.1) is 6.42 Å². The highest BCUT2D eigenvalue weighted by atomic mass is 32.1. The minimum atomic E-state index is -1.45. The van der Waals surface area contributed by atoms with E-state index >= 15 is 0 Å². The normalized spacial score (nSPS) is 12.5. The predicted molar refractivity (Wildman–Crippen MR) is 77.6 cm³/mol. The molecule has 7 nitrogen and oxygen atoms in total. The van der Waals surface area contributed by atoms with Crippen LogP contribution in [0.5, 0.6) is 0 Å². The van der Waals surface area contributed by atoms with Crippen molar-refractivity contribution >= 4 is 29.3 Å². The molecule has 1 atom stereocenters. The molecule has 4 N–H and O–H groups in total. The number of nitrogens with one attached hydrogen (secondary N) is 2. The first kappa shape index (κ1) is 17.0. The highest BCUT2D eigenvalue weighted by Gasteiger charge is 2.25. The van der Waals surface area contributed by atoms with E-state index in [0.29, 0.717) is 6.54 Å². The Morgan fingerprint density at radius 1 is 1.33 bits per heavy atom. The first-order valence-corrected chi connectivity index (χ1v) is 7.13. The molecule has 0 aliphatic carbocycles. The van der Waals surface area contributed by atoms with E-state index in [-0.39, 0.29) is 5.41 Å². The number of urea groups is 1. The molecule has 0 radical (unpaired) electrons. The minimum Gasteiger partial charge on any atom is -0.481 e. The summed E-state index contributed by atoms with van der Waals surface area (Å²) in [5.74, 6) is -2.67. The fraction of sp³-hybridized carbons (Fsp3) is 0.462. The van der Waals surface area contributed by atoms with Gasteiger partial charge in [-0.25, -0.2) is 9.59 Å².